The summed E-state index contributed by atoms with van der Waals surface area (Å²) in [6.45, 7) is 8.05. The number of hydrogen-bond donors (Lipinski definition) is 3. The van der Waals surface area contributed by atoms with Crippen LogP contribution in [-0.4, -0.2) is 35.5 Å². The van der Waals surface area contributed by atoms with Crippen LogP contribution in [0.15, 0.2) is 22.7 Å². The number of ether oxygens (including phenoxy) is 1. The number of urea groups is 1. The van der Waals surface area contributed by atoms with Crippen LogP contribution in [0.5, 0.6) is 0 Å². The minimum absolute atomic E-state index is 0.0269. The minimum Gasteiger partial charge on any atom is -0.458 e. The zero-order chi connectivity index (χ0) is 21.6. The van der Waals surface area contributed by atoms with E-state index in [9.17, 15) is 18.8 Å². The van der Waals surface area contributed by atoms with Gasteiger partial charge in [0.2, 0.25) is 0 Å². The van der Waals surface area contributed by atoms with E-state index in [0.29, 0.717) is 10.9 Å². The van der Waals surface area contributed by atoms with Crippen molar-refractivity contribution in [3.63, 3.8) is 0 Å². The molecule has 9 heteroatoms. The molecular weight excluding hydrogens is 433 g/mol. The number of esters is 1. The van der Waals surface area contributed by atoms with Crippen LogP contribution < -0.4 is 16.4 Å². The average molecular weight is 460 g/mol. The maximum absolute atomic E-state index is 13.9. The minimum atomic E-state index is -1.24. The highest BCUT2D eigenvalue weighted by molar-refractivity contribution is 9.10. The standard InChI is InChI=1S/C19H27BrFN3O4/c1-10(2)8-15(16(26)17(22)19(4,5)28-11(3)25)24-18(27)23-14-7-6-12(20)9-13(14)21/h6-7,9-10,15,17H,8,22H2,1-5H3,(H2,23,24,27). The number of ketones is 1. The zero-order valence-electron chi connectivity index (χ0n) is 16.6. The van der Waals surface area contributed by atoms with Gasteiger partial charge >= 0.3 is 12.0 Å². The Bertz CT molecular complexity index is 740. The van der Waals surface area contributed by atoms with E-state index in [2.05, 4.69) is 26.6 Å². The molecule has 2 atom stereocenters. The summed E-state index contributed by atoms with van der Waals surface area (Å²) in [5.41, 5.74) is 4.76. The van der Waals surface area contributed by atoms with Crippen LogP contribution in [0.3, 0.4) is 0 Å². The molecular formula is C19H27BrFN3O4. The molecule has 2 unspecified atom stereocenters. The predicted octanol–water partition coefficient (Wildman–Crippen LogP) is 3.36. The maximum atomic E-state index is 13.9. The van der Waals surface area contributed by atoms with Gasteiger partial charge in [-0.2, -0.15) is 0 Å². The first-order chi connectivity index (χ1) is 12.8. The van der Waals surface area contributed by atoms with Crippen molar-refractivity contribution in [1.29, 1.82) is 0 Å². The topological polar surface area (TPSA) is 111 Å². The van der Waals surface area contributed by atoms with E-state index in [1.807, 2.05) is 13.8 Å². The number of Topliss-reactive ketones (excluding diaryl/α,β-unsaturated/α-hetero) is 1. The summed E-state index contributed by atoms with van der Waals surface area (Å²) in [5, 5.41) is 4.93. The number of nitrogens with two attached hydrogens (primary N) is 1. The molecule has 0 aromatic heterocycles. The van der Waals surface area contributed by atoms with Gasteiger partial charge in [-0.25, -0.2) is 9.18 Å². The summed E-state index contributed by atoms with van der Waals surface area (Å²) in [4.78, 5) is 36.4. The molecule has 1 aromatic rings. The highest BCUT2D eigenvalue weighted by Crippen LogP contribution is 2.20. The lowest BCUT2D eigenvalue weighted by molar-refractivity contribution is -0.157. The second-order valence-electron chi connectivity index (χ2n) is 7.48. The Labute approximate surface area is 172 Å². The van der Waals surface area contributed by atoms with Gasteiger partial charge < -0.3 is 21.1 Å². The molecule has 156 valence electrons. The number of anilines is 1. The zero-order valence-corrected chi connectivity index (χ0v) is 18.2. The van der Waals surface area contributed by atoms with Crippen LogP contribution in [0.2, 0.25) is 0 Å². The number of nitrogens with one attached hydrogen (secondary N) is 2. The lowest BCUT2D eigenvalue weighted by Gasteiger charge is -2.32. The smallest absolute Gasteiger partial charge is 0.319 e. The van der Waals surface area contributed by atoms with E-state index in [4.69, 9.17) is 10.5 Å². The van der Waals surface area contributed by atoms with Crippen molar-refractivity contribution >= 4 is 39.4 Å². The largest absolute Gasteiger partial charge is 0.458 e. The Morgan fingerprint density at radius 2 is 1.89 bits per heavy atom. The molecule has 4 N–H and O–H groups in total. The Balaban J connectivity index is 2.93. The third-order valence-electron chi connectivity index (χ3n) is 4.00. The van der Waals surface area contributed by atoms with Crippen molar-refractivity contribution in [3.05, 3.63) is 28.5 Å². The van der Waals surface area contributed by atoms with Crippen molar-refractivity contribution in [2.75, 3.05) is 5.32 Å². The van der Waals surface area contributed by atoms with Crippen LogP contribution in [0.1, 0.15) is 41.0 Å². The fourth-order valence-electron chi connectivity index (χ4n) is 2.62. The van der Waals surface area contributed by atoms with E-state index in [-0.39, 0.29) is 11.6 Å². The summed E-state index contributed by atoms with van der Waals surface area (Å²) in [5.74, 6) is -1.59. The van der Waals surface area contributed by atoms with Gasteiger partial charge in [0.05, 0.1) is 11.7 Å². The number of benzene rings is 1. The molecule has 0 spiro atoms. The molecule has 0 aliphatic carbocycles. The van der Waals surface area contributed by atoms with E-state index < -0.39 is 41.3 Å². The van der Waals surface area contributed by atoms with Gasteiger partial charge in [0.1, 0.15) is 17.5 Å². The third kappa shape index (κ3) is 7.20. The summed E-state index contributed by atoms with van der Waals surface area (Å²) in [6.07, 6.45) is 0.318. The summed E-state index contributed by atoms with van der Waals surface area (Å²) in [7, 11) is 0. The molecule has 0 saturated carbocycles. The van der Waals surface area contributed by atoms with Gasteiger partial charge in [-0.15, -0.1) is 0 Å². The predicted molar refractivity (Wildman–Crippen MR) is 108 cm³/mol. The molecule has 0 fully saturated rings. The maximum Gasteiger partial charge on any atom is 0.319 e. The van der Waals surface area contributed by atoms with Crippen LogP contribution >= 0.6 is 15.9 Å². The van der Waals surface area contributed by atoms with Crippen LogP contribution in [0.4, 0.5) is 14.9 Å². The van der Waals surface area contributed by atoms with Crippen molar-refractivity contribution < 1.29 is 23.5 Å². The number of rotatable bonds is 8. The second kappa shape index (κ2) is 9.97. The van der Waals surface area contributed by atoms with E-state index in [1.165, 1.54) is 32.9 Å². The van der Waals surface area contributed by atoms with Crippen molar-refractivity contribution in [2.45, 2.75) is 58.7 Å². The Morgan fingerprint density at radius 3 is 2.39 bits per heavy atom. The van der Waals surface area contributed by atoms with Crippen molar-refractivity contribution in [2.24, 2.45) is 11.7 Å². The lowest BCUT2D eigenvalue weighted by Crippen LogP contribution is -2.58. The van der Waals surface area contributed by atoms with Gasteiger partial charge in [0.25, 0.3) is 0 Å². The highest BCUT2D eigenvalue weighted by atomic mass is 79.9. The summed E-state index contributed by atoms with van der Waals surface area (Å²) in [6, 6.07) is 1.37. The average Bonchev–Trinajstić information content (AvgIpc) is 2.53. The van der Waals surface area contributed by atoms with E-state index in [1.54, 1.807) is 6.07 Å². The molecule has 0 radical (unpaired) electrons. The molecule has 28 heavy (non-hydrogen) atoms. The first-order valence-electron chi connectivity index (χ1n) is 8.85. The van der Waals surface area contributed by atoms with E-state index in [0.717, 1.165) is 0 Å². The quantitative estimate of drug-likeness (QED) is 0.516. The molecule has 0 aliphatic rings. The number of halogens is 2. The van der Waals surface area contributed by atoms with Gasteiger partial charge in [0.15, 0.2) is 5.78 Å². The molecule has 2 amide bonds. The molecule has 7 nitrogen and oxygen atoms in total. The van der Waals surface area contributed by atoms with E-state index >= 15 is 0 Å². The van der Waals surface area contributed by atoms with Gasteiger partial charge in [0, 0.05) is 11.4 Å². The van der Waals surface area contributed by atoms with Crippen molar-refractivity contribution in [3.8, 4) is 0 Å². The molecule has 0 saturated heterocycles. The number of amides is 2. The highest BCUT2D eigenvalue weighted by Gasteiger charge is 2.39. The Hall–Kier alpha value is -2.00. The van der Waals surface area contributed by atoms with Gasteiger partial charge in [-0.1, -0.05) is 29.8 Å². The Morgan fingerprint density at radius 1 is 1.29 bits per heavy atom. The fourth-order valence-corrected chi connectivity index (χ4v) is 2.95. The first-order valence-corrected chi connectivity index (χ1v) is 9.64. The number of carbonyl (C=O) groups is 3. The van der Waals surface area contributed by atoms with Crippen molar-refractivity contribution in [1.82, 2.24) is 5.32 Å². The van der Waals surface area contributed by atoms with Gasteiger partial charge in [-0.05, 0) is 44.4 Å². The van der Waals surface area contributed by atoms with Crippen LogP contribution in [-0.2, 0) is 14.3 Å². The molecule has 1 aromatic carbocycles. The SMILES string of the molecule is CC(=O)OC(C)(C)C(N)C(=O)C(CC(C)C)NC(=O)Nc1ccc(Br)cc1F. The molecule has 0 bridgehead atoms. The van der Waals surface area contributed by atoms with Crippen LogP contribution in [0, 0.1) is 11.7 Å². The fraction of sp³-hybridized carbons (Fsp3) is 0.526. The third-order valence-corrected chi connectivity index (χ3v) is 4.49. The lowest BCUT2D eigenvalue weighted by atomic mass is 9.88. The second-order valence-corrected chi connectivity index (χ2v) is 8.40. The molecule has 0 aliphatic heterocycles. The molecule has 0 heterocycles. The summed E-state index contributed by atoms with van der Waals surface area (Å²) >= 11 is 3.14. The Kier molecular flexibility index (Phi) is 8.56. The van der Waals surface area contributed by atoms with Crippen LogP contribution in [0.25, 0.3) is 0 Å². The molecule has 1 rings (SSSR count). The number of hydrogen-bond acceptors (Lipinski definition) is 5. The first kappa shape index (κ1) is 24.0. The van der Waals surface area contributed by atoms with Gasteiger partial charge in [-0.3, -0.25) is 9.59 Å². The number of carbonyl (C=O) groups excluding carboxylic acids is 3. The monoisotopic (exact) mass is 459 g/mol. The summed E-state index contributed by atoms with van der Waals surface area (Å²) < 4.78 is 19.6. The normalized spacial score (nSPS) is 13.6.